The van der Waals surface area contributed by atoms with Gasteiger partial charge in [-0.15, -0.1) is 0 Å². The van der Waals surface area contributed by atoms with Crippen LogP contribution in [0.15, 0.2) is 36.4 Å². The van der Waals surface area contributed by atoms with Gasteiger partial charge in [0.05, 0.1) is 0 Å². The highest BCUT2D eigenvalue weighted by atomic mass is 19.1. The van der Waals surface area contributed by atoms with Crippen molar-refractivity contribution in [2.75, 3.05) is 0 Å². The van der Waals surface area contributed by atoms with E-state index in [1.165, 1.54) is 12.1 Å². The quantitative estimate of drug-likeness (QED) is 0.618. The van der Waals surface area contributed by atoms with E-state index in [2.05, 4.69) is 16.7 Å². The third kappa shape index (κ3) is 5.12. The summed E-state index contributed by atoms with van der Waals surface area (Å²) in [7, 11) is 0. The molecule has 184 valence electrons. The van der Waals surface area contributed by atoms with Crippen LogP contribution in [0.3, 0.4) is 0 Å². The van der Waals surface area contributed by atoms with E-state index in [9.17, 15) is 23.2 Å². The number of piperidine rings is 1. The topological polar surface area (TPSA) is 78.5 Å². The molecule has 0 spiro atoms. The van der Waals surface area contributed by atoms with Gasteiger partial charge in [-0.2, -0.15) is 0 Å². The molecule has 1 saturated heterocycles. The molecule has 5 rings (SSSR count). The van der Waals surface area contributed by atoms with E-state index < -0.39 is 23.6 Å². The molecule has 6 nitrogen and oxygen atoms in total. The van der Waals surface area contributed by atoms with Gasteiger partial charge in [0.15, 0.2) is 0 Å². The summed E-state index contributed by atoms with van der Waals surface area (Å²) in [6.45, 7) is 0.779. The fraction of sp³-hybridized carbons (Fsp3) is 0.444. The number of hydrogen-bond donors (Lipinski definition) is 2. The molecule has 3 atom stereocenters. The van der Waals surface area contributed by atoms with Crippen molar-refractivity contribution >= 4 is 17.7 Å². The number of benzene rings is 2. The van der Waals surface area contributed by atoms with Crippen LogP contribution in [-0.2, 0) is 29.1 Å². The lowest BCUT2D eigenvalue weighted by Gasteiger charge is -2.32. The summed E-state index contributed by atoms with van der Waals surface area (Å²) >= 11 is 0. The maximum atomic E-state index is 13.5. The summed E-state index contributed by atoms with van der Waals surface area (Å²) in [5.74, 6) is -1.63. The van der Waals surface area contributed by atoms with E-state index >= 15 is 0 Å². The third-order valence-corrected chi connectivity index (χ3v) is 7.49. The molecule has 2 heterocycles. The number of imide groups is 1. The summed E-state index contributed by atoms with van der Waals surface area (Å²) in [5, 5.41) is 5.85. The minimum atomic E-state index is -0.615. The average molecular weight is 482 g/mol. The van der Waals surface area contributed by atoms with Crippen LogP contribution in [0.1, 0.15) is 65.6 Å². The minimum Gasteiger partial charge on any atom is -0.322 e. The first-order chi connectivity index (χ1) is 16.9. The fourth-order valence-electron chi connectivity index (χ4n) is 5.74. The highest BCUT2D eigenvalue weighted by Gasteiger charge is 2.39. The van der Waals surface area contributed by atoms with Crippen molar-refractivity contribution in [2.24, 2.45) is 5.92 Å². The monoisotopic (exact) mass is 481 g/mol. The first-order valence-electron chi connectivity index (χ1n) is 12.3. The van der Waals surface area contributed by atoms with Crippen LogP contribution < -0.4 is 10.6 Å². The molecule has 0 aromatic heterocycles. The molecule has 0 radical (unpaired) electrons. The number of carbonyl (C=O) groups excluding carboxylic acids is 3. The second-order valence-corrected chi connectivity index (χ2v) is 9.91. The van der Waals surface area contributed by atoms with Gasteiger partial charge in [0.25, 0.3) is 5.91 Å². The Hall–Kier alpha value is -3.13. The zero-order valence-electron chi connectivity index (χ0n) is 19.5. The van der Waals surface area contributed by atoms with Gasteiger partial charge in [-0.05, 0) is 66.5 Å². The predicted molar refractivity (Wildman–Crippen MR) is 125 cm³/mol. The maximum absolute atomic E-state index is 13.5. The summed E-state index contributed by atoms with van der Waals surface area (Å²) in [4.78, 5) is 38.3. The number of nitrogens with one attached hydrogen (secondary N) is 2. The van der Waals surface area contributed by atoms with Gasteiger partial charge in [0, 0.05) is 37.2 Å². The van der Waals surface area contributed by atoms with Gasteiger partial charge >= 0.3 is 0 Å². The molecule has 2 aromatic carbocycles. The first-order valence-corrected chi connectivity index (χ1v) is 12.3. The van der Waals surface area contributed by atoms with E-state index in [1.807, 2.05) is 12.1 Å². The Kier molecular flexibility index (Phi) is 6.65. The molecule has 2 fully saturated rings. The molecule has 2 aliphatic heterocycles. The van der Waals surface area contributed by atoms with Gasteiger partial charge < -0.3 is 10.2 Å². The second kappa shape index (κ2) is 9.85. The summed E-state index contributed by atoms with van der Waals surface area (Å²) < 4.78 is 27.1. The highest BCUT2D eigenvalue weighted by Crippen LogP contribution is 2.32. The van der Waals surface area contributed by atoms with Crippen LogP contribution in [0.4, 0.5) is 8.78 Å². The molecule has 3 amide bonds. The van der Waals surface area contributed by atoms with E-state index in [4.69, 9.17) is 0 Å². The number of rotatable bonds is 6. The van der Waals surface area contributed by atoms with Crippen molar-refractivity contribution in [1.82, 2.24) is 15.5 Å². The Bertz CT molecular complexity index is 1150. The molecule has 1 aliphatic carbocycles. The minimum absolute atomic E-state index is 0.166. The van der Waals surface area contributed by atoms with Crippen molar-refractivity contribution < 1.29 is 23.2 Å². The van der Waals surface area contributed by atoms with Gasteiger partial charge in [-0.3, -0.25) is 19.7 Å². The molecular formula is C27H29F2N3O3. The molecular weight excluding hydrogens is 452 g/mol. The summed E-state index contributed by atoms with van der Waals surface area (Å²) in [6, 6.07) is 9.12. The first kappa shape index (κ1) is 23.6. The Labute approximate surface area is 203 Å². The number of amides is 3. The zero-order valence-corrected chi connectivity index (χ0v) is 19.5. The largest absolute Gasteiger partial charge is 0.322 e. The zero-order chi connectivity index (χ0) is 24.5. The third-order valence-electron chi connectivity index (χ3n) is 7.49. The van der Waals surface area contributed by atoms with E-state index in [0.29, 0.717) is 36.6 Å². The number of halogens is 2. The van der Waals surface area contributed by atoms with Crippen molar-refractivity contribution in [2.45, 2.75) is 70.1 Å². The number of hydrogen-bond acceptors (Lipinski definition) is 4. The second-order valence-electron chi connectivity index (χ2n) is 9.91. The normalized spacial score (nSPS) is 24.5. The maximum Gasteiger partial charge on any atom is 0.255 e. The lowest BCUT2D eigenvalue weighted by atomic mass is 9.80. The SMILES string of the molecule is O=C1CCC(N2Cc3cc(C[C@H]4CCCC[C@@H]4NCc4cc(F)cc(F)c4)ccc3C2=O)C(=O)N1. The van der Waals surface area contributed by atoms with Crippen LogP contribution >= 0.6 is 0 Å². The van der Waals surface area contributed by atoms with Crippen molar-refractivity contribution in [1.29, 1.82) is 0 Å². The van der Waals surface area contributed by atoms with Crippen LogP contribution in [0.2, 0.25) is 0 Å². The Balaban J connectivity index is 1.25. The molecule has 35 heavy (non-hydrogen) atoms. The van der Waals surface area contributed by atoms with Crippen LogP contribution in [0.25, 0.3) is 0 Å². The number of carbonyl (C=O) groups is 3. The Morgan fingerprint density at radius 2 is 1.71 bits per heavy atom. The average Bonchev–Trinajstić information content (AvgIpc) is 3.13. The Morgan fingerprint density at radius 1 is 0.943 bits per heavy atom. The van der Waals surface area contributed by atoms with E-state index in [-0.39, 0.29) is 24.3 Å². The smallest absolute Gasteiger partial charge is 0.255 e. The van der Waals surface area contributed by atoms with Crippen LogP contribution in [0.5, 0.6) is 0 Å². The molecule has 3 aliphatic rings. The molecule has 0 bridgehead atoms. The van der Waals surface area contributed by atoms with Crippen LogP contribution in [-0.4, -0.2) is 34.7 Å². The molecule has 2 aromatic rings. The van der Waals surface area contributed by atoms with Crippen molar-refractivity contribution in [3.8, 4) is 0 Å². The molecule has 1 unspecified atom stereocenters. The molecule has 1 saturated carbocycles. The van der Waals surface area contributed by atoms with Gasteiger partial charge in [0.1, 0.15) is 17.7 Å². The van der Waals surface area contributed by atoms with Gasteiger partial charge in [-0.25, -0.2) is 8.78 Å². The molecule has 8 heteroatoms. The predicted octanol–water partition coefficient (Wildman–Crippen LogP) is 3.62. The van der Waals surface area contributed by atoms with Crippen molar-refractivity contribution in [3.63, 3.8) is 0 Å². The Morgan fingerprint density at radius 3 is 2.49 bits per heavy atom. The highest BCUT2D eigenvalue weighted by molar-refractivity contribution is 6.05. The lowest BCUT2D eigenvalue weighted by molar-refractivity contribution is -0.136. The molecule has 2 N–H and O–H groups in total. The van der Waals surface area contributed by atoms with E-state index in [1.54, 1.807) is 4.90 Å². The summed E-state index contributed by atoms with van der Waals surface area (Å²) in [5.41, 5.74) is 3.26. The van der Waals surface area contributed by atoms with Crippen LogP contribution in [0, 0.1) is 17.6 Å². The van der Waals surface area contributed by atoms with Gasteiger partial charge in [-0.1, -0.05) is 25.0 Å². The standard InChI is InChI=1S/C27H29F2N3O3/c28-20-11-17(12-21(29)13-20)14-30-23-4-2-1-3-18(23)9-16-5-6-22-19(10-16)15-32(27(22)35)24-7-8-25(33)31-26(24)34/h5-6,10-13,18,23-24,30H,1-4,7-9,14-15H2,(H,31,33,34)/t18-,23+,24?/m1/s1. The summed E-state index contributed by atoms with van der Waals surface area (Å²) in [6.07, 6.45) is 5.76. The van der Waals surface area contributed by atoms with Gasteiger partial charge in [0.2, 0.25) is 11.8 Å². The fourth-order valence-corrected chi connectivity index (χ4v) is 5.74. The number of fused-ring (bicyclic) bond motifs is 1. The lowest BCUT2D eigenvalue weighted by Crippen LogP contribution is -2.52. The number of nitrogens with zero attached hydrogens (tertiary/aromatic N) is 1. The van der Waals surface area contributed by atoms with Crippen molar-refractivity contribution in [3.05, 3.63) is 70.3 Å². The van der Waals surface area contributed by atoms with E-state index in [0.717, 1.165) is 49.3 Å².